The Labute approximate surface area is 173 Å². The first kappa shape index (κ1) is 19.7. The van der Waals surface area contributed by atoms with Crippen molar-refractivity contribution in [3.63, 3.8) is 0 Å². The number of piperidine rings is 1. The lowest BCUT2D eigenvalue weighted by Gasteiger charge is -2.28. The number of aromatic nitrogens is 1. The van der Waals surface area contributed by atoms with Gasteiger partial charge in [0.25, 0.3) is 11.8 Å². The molecule has 0 bridgehead atoms. The van der Waals surface area contributed by atoms with Crippen molar-refractivity contribution >= 4 is 11.8 Å². The standard InChI is InChI=1S/C24H31N3O2/c1-2-20(18-11-5-3-6-12-18)25-23(28)19-17-22(27-16-10-7-13-21(19)27)24(29)26-14-8-4-9-15-26/h3,5-6,11-12,17,20H,2,4,7-10,13-16H2,1H3,(H,25,28). The van der Waals surface area contributed by atoms with Crippen LogP contribution in [0.2, 0.25) is 0 Å². The van der Waals surface area contributed by atoms with E-state index in [2.05, 4.69) is 28.9 Å². The highest BCUT2D eigenvalue weighted by atomic mass is 16.2. The van der Waals surface area contributed by atoms with Gasteiger partial charge in [0.05, 0.1) is 11.6 Å². The van der Waals surface area contributed by atoms with Gasteiger partial charge in [-0.15, -0.1) is 0 Å². The van der Waals surface area contributed by atoms with Crippen LogP contribution in [0.1, 0.15) is 83.6 Å². The van der Waals surface area contributed by atoms with E-state index in [1.54, 1.807) is 0 Å². The Morgan fingerprint density at radius 2 is 1.72 bits per heavy atom. The number of carbonyl (C=O) groups excluding carboxylic acids is 2. The Morgan fingerprint density at radius 1 is 1.00 bits per heavy atom. The number of rotatable bonds is 5. The molecule has 3 heterocycles. The SMILES string of the molecule is CCC(NC(=O)c1cc(C(=O)N2CCCCC2)n2c1CCCC2)c1ccccc1. The minimum atomic E-state index is -0.0657. The van der Waals surface area contributed by atoms with Crippen molar-refractivity contribution in [1.29, 1.82) is 0 Å². The van der Waals surface area contributed by atoms with Crippen molar-refractivity contribution in [3.8, 4) is 0 Å². The molecule has 1 fully saturated rings. The second-order valence-corrected chi connectivity index (χ2v) is 8.20. The summed E-state index contributed by atoms with van der Waals surface area (Å²) < 4.78 is 2.11. The van der Waals surface area contributed by atoms with Crippen LogP contribution in [0.3, 0.4) is 0 Å². The van der Waals surface area contributed by atoms with Gasteiger partial charge < -0.3 is 14.8 Å². The smallest absolute Gasteiger partial charge is 0.270 e. The molecular weight excluding hydrogens is 362 g/mol. The second-order valence-electron chi connectivity index (χ2n) is 8.20. The Kier molecular flexibility index (Phi) is 6.02. The summed E-state index contributed by atoms with van der Waals surface area (Å²) in [5.41, 5.74) is 3.51. The molecule has 1 atom stereocenters. The van der Waals surface area contributed by atoms with Crippen LogP contribution in [0.5, 0.6) is 0 Å². The molecular formula is C24H31N3O2. The summed E-state index contributed by atoms with van der Waals surface area (Å²) in [6.07, 6.45) is 7.15. The summed E-state index contributed by atoms with van der Waals surface area (Å²) in [5.74, 6) is 0.0195. The molecule has 2 aromatic rings. The van der Waals surface area contributed by atoms with Crippen LogP contribution in [-0.2, 0) is 13.0 Å². The van der Waals surface area contributed by atoms with Crippen molar-refractivity contribution < 1.29 is 9.59 Å². The Hall–Kier alpha value is -2.56. The number of likely N-dealkylation sites (tertiary alicyclic amines) is 1. The van der Waals surface area contributed by atoms with E-state index in [4.69, 9.17) is 0 Å². The number of carbonyl (C=O) groups is 2. The van der Waals surface area contributed by atoms with Crippen LogP contribution in [0.25, 0.3) is 0 Å². The van der Waals surface area contributed by atoms with Gasteiger partial charge in [-0.05, 0) is 56.6 Å². The van der Waals surface area contributed by atoms with Crippen molar-refractivity contribution in [3.05, 3.63) is 58.9 Å². The molecule has 2 amide bonds. The maximum Gasteiger partial charge on any atom is 0.270 e. The molecule has 2 aliphatic rings. The lowest BCUT2D eigenvalue weighted by molar-refractivity contribution is 0.0712. The molecule has 1 aromatic heterocycles. The van der Waals surface area contributed by atoms with Crippen molar-refractivity contribution in [1.82, 2.24) is 14.8 Å². The van der Waals surface area contributed by atoms with Gasteiger partial charge in [0.15, 0.2) is 0 Å². The third-order valence-electron chi connectivity index (χ3n) is 6.28. The van der Waals surface area contributed by atoms with Gasteiger partial charge in [0.2, 0.25) is 0 Å². The van der Waals surface area contributed by atoms with Crippen LogP contribution in [0.4, 0.5) is 0 Å². The number of hydrogen-bond donors (Lipinski definition) is 1. The molecule has 5 heteroatoms. The zero-order valence-corrected chi connectivity index (χ0v) is 17.3. The third kappa shape index (κ3) is 4.09. The van der Waals surface area contributed by atoms with E-state index in [1.807, 2.05) is 29.2 Å². The summed E-state index contributed by atoms with van der Waals surface area (Å²) >= 11 is 0. The molecule has 154 valence electrons. The monoisotopic (exact) mass is 393 g/mol. The predicted octanol–water partition coefficient (Wildman–Crippen LogP) is 4.33. The molecule has 0 radical (unpaired) electrons. The average Bonchev–Trinajstić information content (AvgIpc) is 3.18. The second kappa shape index (κ2) is 8.85. The highest BCUT2D eigenvalue weighted by Crippen LogP contribution is 2.27. The Balaban J connectivity index is 1.60. The number of hydrogen-bond acceptors (Lipinski definition) is 2. The average molecular weight is 394 g/mol. The number of fused-ring (bicyclic) bond motifs is 1. The van der Waals surface area contributed by atoms with Gasteiger partial charge >= 0.3 is 0 Å². The van der Waals surface area contributed by atoms with Gasteiger partial charge in [0, 0.05) is 25.3 Å². The molecule has 1 aromatic carbocycles. The summed E-state index contributed by atoms with van der Waals surface area (Å²) in [7, 11) is 0. The summed E-state index contributed by atoms with van der Waals surface area (Å²) in [4.78, 5) is 28.4. The normalized spacial score (nSPS) is 17.5. The quantitative estimate of drug-likeness (QED) is 0.822. The van der Waals surface area contributed by atoms with Crippen molar-refractivity contribution in [2.75, 3.05) is 13.1 Å². The van der Waals surface area contributed by atoms with Gasteiger partial charge in [-0.25, -0.2) is 0 Å². The first-order chi connectivity index (χ1) is 14.2. The third-order valence-corrected chi connectivity index (χ3v) is 6.28. The van der Waals surface area contributed by atoms with E-state index in [1.165, 1.54) is 6.42 Å². The summed E-state index contributed by atoms with van der Waals surface area (Å²) in [6.45, 7) is 4.56. The van der Waals surface area contributed by atoms with Crippen LogP contribution < -0.4 is 5.32 Å². The number of nitrogens with zero attached hydrogens (tertiary/aromatic N) is 2. The van der Waals surface area contributed by atoms with E-state index in [0.717, 1.165) is 69.4 Å². The molecule has 1 N–H and O–H groups in total. The summed E-state index contributed by atoms with van der Waals surface area (Å²) in [5, 5.41) is 3.20. The van der Waals surface area contributed by atoms with E-state index in [9.17, 15) is 9.59 Å². The molecule has 29 heavy (non-hydrogen) atoms. The zero-order chi connectivity index (χ0) is 20.2. The first-order valence-corrected chi connectivity index (χ1v) is 11.1. The Morgan fingerprint density at radius 3 is 2.45 bits per heavy atom. The number of amides is 2. The van der Waals surface area contributed by atoms with Gasteiger partial charge in [-0.3, -0.25) is 9.59 Å². The highest BCUT2D eigenvalue weighted by molar-refractivity contribution is 6.01. The van der Waals surface area contributed by atoms with Crippen LogP contribution in [0, 0.1) is 0 Å². The molecule has 2 aliphatic heterocycles. The number of benzene rings is 1. The van der Waals surface area contributed by atoms with E-state index in [-0.39, 0.29) is 17.9 Å². The predicted molar refractivity (Wildman–Crippen MR) is 114 cm³/mol. The lowest BCUT2D eigenvalue weighted by Crippen LogP contribution is -2.37. The molecule has 0 spiro atoms. The van der Waals surface area contributed by atoms with Gasteiger partial charge in [0.1, 0.15) is 5.69 Å². The fourth-order valence-electron chi connectivity index (χ4n) is 4.65. The minimum absolute atomic E-state index is 0.0240. The van der Waals surface area contributed by atoms with Gasteiger partial charge in [-0.2, -0.15) is 0 Å². The van der Waals surface area contributed by atoms with Crippen LogP contribution >= 0.6 is 0 Å². The first-order valence-electron chi connectivity index (χ1n) is 11.1. The lowest BCUT2D eigenvalue weighted by atomic mass is 10.0. The fourth-order valence-corrected chi connectivity index (χ4v) is 4.65. The topological polar surface area (TPSA) is 54.3 Å². The summed E-state index contributed by atoms with van der Waals surface area (Å²) in [6, 6.07) is 11.9. The highest BCUT2D eigenvalue weighted by Gasteiger charge is 2.29. The van der Waals surface area contributed by atoms with E-state index >= 15 is 0 Å². The molecule has 1 unspecified atom stereocenters. The van der Waals surface area contributed by atoms with Crippen LogP contribution in [0.15, 0.2) is 36.4 Å². The molecule has 4 rings (SSSR count). The molecule has 0 saturated carbocycles. The maximum atomic E-state index is 13.2. The van der Waals surface area contributed by atoms with Crippen molar-refractivity contribution in [2.45, 2.75) is 64.5 Å². The fraction of sp³-hybridized carbons (Fsp3) is 0.500. The zero-order valence-electron chi connectivity index (χ0n) is 17.3. The molecule has 0 aliphatic carbocycles. The van der Waals surface area contributed by atoms with Crippen LogP contribution in [-0.4, -0.2) is 34.4 Å². The minimum Gasteiger partial charge on any atom is -0.345 e. The van der Waals surface area contributed by atoms with E-state index < -0.39 is 0 Å². The maximum absolute atomic E-state index is 13.2. The van der Waals surface area contributed by atoms with Crippen molar-refractivity contribution in [2.24, 2.45) is 0 Å². The molecule has 1 saturated heterocycles. The molecule has 5 nitrogen and oxygen atoms in total. The largest absolute Gasteiger partial charge is 0.345 e. The Bertz CT molecular complexity index is 866. The number of nitrogens with one attached hydrogen (secondary N) is 1. The van der Waals surface area contributed by atoms with E-state index in [0.29, 0.717) is 11.3 Å². The van der Waals surface area contributed by atoms with Gasteiger partial charge in [-0.1, -0.05) is 37.3 Å².